The fourth-order valence-electron chi connectivity index (χ4n) is 4.33. The minimum atomic E-state index is -0.503. The quantitative estimate of drug-likeness (QED) is 0.641. The number of halogens is 2. The van der Waals surface area contributed by atoms with E-state index in [9.17, 15) is 9.18 Å². The summed E-state index contributed by atoms with van der Waals surface area (Å²) in [5.74, 6) is -0.00976. The SMILES string of the molecule is CN=C(C(=CN)C(=O)N1CCCC2CCCCC21)c1ccc(F)c(Cl)c1. The molecule has 1 saturated heterocycles. The van der Waals surface area contributed by atoms with E-state index >= 15 is 0 Å². The van der Waals surface area contributed by atoms with Crippen LogP contribution in [-0.2, 0) is 4.79 Å². The van der Waals surface area contributed by atoms with Gasteiger partial charge in [0.05, 0.1) is 16.3 Å². The Morgan fingerprint density at radius 1 is 1.31 bits per heavy atom. The Bertz CT molecular complexity index is 745. The highest BCUT2D eigenvalue weighted by Crippen LogP contribution is 2.36. The van der Waals surface area contributed by atoms with Crippen LogP contribution in [-0.4, -0.2) is 36.2 Å². The molecule has 3 rings (SSSR count). The van der Waals surface area contributed by atoms with E-state index in [0.29, 0.717) is 22.8 Å². The van der Waals surface area contributed by atoms with Crippen molar-refractivity contribution in [2.45, 2.75) is 44.6 Å². The summed E-state index contributed by atoms with van der Waals surface area (Å²) in [6.45, 7) is 0.749. The molecule has 0 radical (unpaired) electrons. The van der Waals surface area contributed by atoms with Crippen molar-refractivity contribution in [1.82, 2.24) is 4.90 Å². The fourth-order valence-corrected chi connectivity index (χ4v) is 4.51. The van der Waals surface area contributed by atoms with Crippen LogP contribution in [0.1, 0.15) is 44.1 Å². The number of rotatable bonds is 3. The van der Waals surface area contributed by atoms with Gasteiger partial charge in [-0.3, -0.25) is 9.79 Å². The summed E-state index contributed by atoms with van der Waals surface area (Å²) in [4.78, 5) is 19.5. The Kier molecular flexibility index (Phi) is 5.97. The van der Waals surface area contributed by atoms with Crippen LogP contribution in [0.15, 0.2) is 35.0 Å². The molecular weight excluding hydrogens is 353 g/mol. The topological polar surface area (TPSA) is 58.7 Å². The number of likely N-dealkylation sites (tertiary alicyclic amines) is 1. The number of piperidine rings is 1. The monoisotopic (exact) mass is 377 g/mol. The molecule has 1 aromatic carbocycles. The number of carbonyl (C=O) groups excluding carboxylic acids is 1. The molecule has 140 valence electrons. The number of fused-ring (bicyclic) bond motifs is 1. The van der Waals surface area contributed by atoms with Crippen LogP contribution in [0, 0.1) is 11.7 Å². The third-order valence-corrected chi connectivity index (χ3v) is 5.86. The summed E-state index contributed by atoms with van der Waals surface area (Å²) >= 11 is 5.91. The van der Waals surface area contributed by atoms with Gasteiger partial charge in [-0.2, -0.15) is 0 Å². The summed E-state index contributed by atoms with van der Waals surface area (Å²) in [5, 5.41) is -0.00205. The Morgan fingerprint density at radius 3 is 2.73 bits per heavy atom. The molecular formula is C20H25ClFN3O. The maximum atomic E-state index is 13.5. The minimum absolute atomic E-state index is 0.00205. The third kappa shape index (κ3) is 3.63. The van der Waals surface area contributed by atoms with Crippen molar-refractivity contribution >= 4 is 23.2 Å². The summed E-state index contributed by atoms with van der Waals surface area (Å²) in [5.41, 5.74) is 7.21. The lowest BCUT2D eigenvalue weighted by molar-refractivity contribution is -0.132. The average Bonchev–Trinajstić information content (AvgIpc) is 2.67. The van der Waals surface area contributed by atoms with E-state index in [0.717, 1.165) is 25.8 Å². The molecule has 1 aliphatic heterocycles. The van der Waals surface area contributed by atoms with Gasteiger partial charge in [0.25, 0.3) is 5.91 Å². The molecule has 1 aliphatic carbocycles. The van der Waals surface area contributed by atoms with Gasteiger partial charge in [0, 0.05) is 31.4 Å². The zero-order valence-electron chi connectivity index (χ0n) is 15.0. The van der Waals surface area contributed by atoms with Gasteiger partial charge in [0.15, 0.2) is 0 Å². The maximum absolute atomic E-state index is 13.5. The normalized spacial score (nSPS) is 24.3. The van der Waals surface area contributed by atoms with Crippen molar-refractivity contribution in [1.29, 1.82) is 0 Å². The molecule has 1 aromatic rings. The van der Waals surface area contributed by atoms with Gasteiger partial charge in [-0.15, -0.1) is 0 Å². The van der Waals surface area contributed by atoms with Crippen molar-refractivity contribution < 1.29 is 9.18 Å². The molecule has 0 bridgehead atoms. The van der Waals surface area contributed by atoms with Gasteiger partial charge in [-0.25, -0.2) is 4.39 Å². The number of nitrogens with two attached hydrogens (primary N) is 1. The largest absolute Gasteiger partial charge is 0.404 e. The van der Waals surface area contributed by atoms with Crippen LogP contribution in [0.5, 0.6) is 0 Å². The van der Waals surface area contributed by atoms with E-state index in [1.807, 2.05) is 4.90 Å². The molecule has 6 heteroatoms. The summed E-state index contributed by atoms with van der Waals surface area (Å²) in [7, 11) is 1.60. The van der Waals surface area contributed by atoms with Crippen LogP contribution < -0.4 is 5.73 Å². The van der Waals surface area contributed by atoms with E-state index in [-0.39, 0.29) is 17.0 Å². The predicted octanol–water partition coefficient (Wildman–Crippen LogP) is 3.92. The molecule has 2 aliphatic rings. The number of carbonyl (C=O) groups is 1. The number of aliphatic imine (C=N–C) groups is 1. The van der Waals surface area contributed by atoms with Crippen LogP contribution in [0.3, 0.4) is 0 Å². The van der Waals surface area contributed by atoms with E-state index in [4.69, 9.17) is 17.3 Å². The first-order chi connectivity index (χ1) is 12.6. The fraction of sp³-hybridized carbons (Fsp3) is 0.500. The molecule has 2 N–H and O–H groups in total. The average molecular weight is 378 g/mol. The van der Waals surface area contributed by atoms with Gasteiger partial charge < -0.3 is 10.6 Å². The summed E-state index contributed by atoms with van der Waals surface area (Å²) in [6.07, 6.45) is 8.18. The van der Waals surface area contributed by atoms with Crippen molar-refractivity contribution in [2.75, 3.05) is 13.6 Å². The Labute approximate surface area is 158 Å². The van der Waals surface area contributed by atoms with Gasteiger partial charge in [-0.1, -0.05) is 24.4 Å². The second-order valence-corrected chi connectivity index (χ2v) is 7.44. The zero-order chi connectivity index (χ0) is 18.7. The van der Waals surface area contributed by atoms with Crippen molar-refractivity contribution in [3.8, 4) is 0 Å². The minimum Gasteiger partial charge on any atom is -0.404 e. The molecule has 26 heavy (non-hydrogen) atoms. The molecule has 2 atom stereocenters. The first-order valence-electron chi connectivity index (χ1n) is 9.22. The van der Waals surface area contributed by atoms with Crippen LogP contribution in [0.25, 0.3) is 0 Å². The number of benzene rings is 1. The lowest BCUT2D eigenvalue weighted by Crippen LogP contribution is -2.50. The Hall–Kier alpha value is -1.88. The van der Waals surface area contributed by atoms with E-state index < -0.39 is 5.82 Å². The highest BCUT2D eigenvalue weighted by molar-refractivity contribution is 6.32. The molecule has 1 heterocycles. The molecule has 0 aromatic heterocycles. The molecule has 1 amide bonds. The van der Waals surface area contributed by atoms with Crippen LogP contribution >= 0.6 is 11.6 Å². The molecule has 1 saturated carbocycles. The lowest BCUT2D eigenvalue weighted by Gasteiger charge is -2.44. The van der Waals surface area contributed by atoms with Gasteiger partial charge in [-0.05, 0) is 49.8 Å². The van der Waals surface area contributed by atoms with E-state index in [1.165, 1.54) is 37.6 Å². The van der Waals surface area contributed by atoms with Gasteiger partial charge >= 0.3 is 0 Å². The Balaban J connectivity index is 1.89. The molecule has 0 spiro atoms. The van der Waals surface area contributed by atoms with Crippen LogP contribution in [0.2, 0.25) is 5.02 Å². The number of amides is 1. The molecule has 2 fully saturated rings. The van der Waals surface area contributed by atoms with E-state index in [2.05, 4.69) is 4.99 Å². The maximum Gasteiger partial charge on any atom is 0.257 e. The highest BCUT2D eigenvalue weighted by atomic mass is 35.5. The molecule has 4 nitrogen and oxygen atoms in total. The predicted molar refractivity (Wildman–Crippen MR) is 103 cm³/mol. The zero-order valence-corrected chi connectivity index (χ0v) is 15.8. The number of hydrogen-bond acceptors (Lipinski definition) is 3. The second-order valence-electron chi connectivity index (χ2n) is 7.03. The number of nitrogens with zero attached hydrogens (tertiary/aromatic N) is 2. The van der Waals surface area contributed by atoms with Crippen LogP contribution in [0.4, 0.5) is 4.39 Å². The standard InChI is InChI=1S/C20H25ClFN3O/c1-24-19(14-8-9-17(22)16(21)11-14)15(12-23)20(26)25-10-4-6-13-5-2-3-7-18(13)25/h8-9,11-13,18H,2-7,10,23H2,1H3. The summed E-state index contributed by atoms with van der Waals surface area (Å²) < 4.78 is 13.5. The smallest absolute Gasteiger partial charge is 0.257 e. The Morgan fingerprint density at radius 2 is 2.04 bits per heavy atom. The second kappa shape index (κ2) is 8.21. The van der Waals surface area contributed by atoms with E-state index in [1.54, 1.807) is 13.1 Å². The van der Waals surface area contributed by atoms with Crippen molar-refractivity contribution in [3.05, 3.63) is 46.4 Å². The first-order valence-corrected chi connectivity index (χ1v) is 9.60. The summed E-state index contributed by atoms with van der Waals surface area (Å²) in [6, 6.07) is 4.62. The highest BCUT2D eigenvalue weighted by Gasteiger charge is 2.37. The van der Waals surface area contributed by atoms with Gasteiger partial charge in [0.2, 0.25) is 0 Å². The third-order valence-electron chi connectivity index (χ3n) is 5.57. The first kappa shape index (κ1) is 18.9. The lowest BCUT2D eigenvalue weighted by atomic mass is 9.78. The van der Waals surface area contributed by atoms with Crippen molar-refractivity contribution in [2.24, 2.45) is 16.6 Å². The van der Waals surface area contributed by atoms with Gasteiger partial charge in [0.1, 0.15) is 5.82 Å². The number of hydrogen-bond donors (Lipinski definition) is 1. The van der Waals surface area contributed by atoms with Crippen molar-refractivity contribution in [3.63, 3.8) is 0 Å². The molecule has 2 unspecified atom stereocenters.